The molecule has 300 valence electrons. The minimum absolute atomic E-state index is 1.09. The van der Waals surface area contributed by atoms with Gasteiger partial charge in [0.15, 0.2) is 0 Å². The molecule has 64 heavy (non-hydrogen) atoms. The first kappa shape index (κ1) is 37.3. The number of fused-ring (bicyclic) bond motifs is 6. The van der Waals surface area contributed by atoms with Crippen LogP contribution in [0.25, 0.3) is 93.5 Å². The Bertz CT molecular complexity index is 3650. The molecule has 0 atom stereocenters. The van der Waals surface area contributed by atoms with Crippen LogP contribution in [0, 0.1) is 0 Å². The highest BCUT2D eigenvalue weighted by Crippen LogP contribution is 2.47. The third-order valence-electron chi connectivity index (χ3n) is 12.7. The van der Waals surface area contributed by atoms with Crippen LogP contribution in [0.4, 0.5) is 17.1 Å². The van der Waals surface area contributed by atoms with Crippen molar-refractivity contribution in [3.05, 3.63) is 255 Å². The largest absolute Gasteiger partial charge is 0.310 e. The highest BCUT2D eigenvalue weighted by atomic mass is 15.1. The molecule has 0 aliphatic heterocycles. The molecule has 0 N–H and O–H groups in total. The van der Waals surface area contributed by atoms with Crippen LogP contribution in [-0.4, -0.2) is 4.57 Å². The Morgan fingerprint density at radius 2 is 0.734 bits per heavy atom. The van der Waals surface area contributed by atoms with E-state index in [-0.39, 0.29) is 0 Å². The highest BCUT2D eigenvalue weighted by Gasteiger charge is 2.21. The van der Waals surface area contributed by atoms with Gasteiger partial charge in [0.1, 0.15) is 0 Å². The Morgan fingerprint density at radius 1 is 0.266 bits per heavy atom. The molecule has 0 amide bonds. The minimum Gasteiger partial charge on any atom is -0.310 e. The second-order valence-electron chi connectivity index (χ2n) is 16.4. The van der Waals surface area contributed by atoms with Gasteiger partial charge in [-0.3, -0.25) is 0 Å². The van der Waals surface area contributed by atoms with E-state index >= 15 is 0 Å². The van der Waals surface area contributed by atoms with Crippen molar-refractivity contribution in [2.45, 2.75) is 0 Å². The third-order valence-corrected chi connectivity index (χ3v) is 12.7. The molecule has 1 aromatic heterocycles. The van der Waals surface area contributed by atoms with Gasteiger partial charge in [0.2, 0.25) is 0 Å². The molecule has 2 nitrogen and oxygen atoms in total. The van der Waals surface area contributed by atoms with Gasteiger partial charge in [-0.1, -0.05) is 188 Å². The van der Waals surface area contributed by atoms with Crippen molar-refractivity contribution >= 4 is 60.4 Å². The molecule has 0 aliphatic rings. The van der Waals surface area contributed by atoms with Crippen molar-refractivity contribution in [1.82, 2.24) is 4.57 Å². The van der Waals surface area contributed by atoms with E-state index in [1.165, 1.54) is 82.3 Å². The molecular formula is C62H42N2. The number of hydrogen-bond donors (Lipinski definition) is 0. The van der Waals surface area contributed by atoms with Gasteiger partial charge in [-0.15, -0.1) is 0 Å². The van der Waals surface area contributed by atoms with Gasteiger partial charge in [0, 0.05) is 33.5 Å². The smallest absolute Gasteiger partial charge is 0.0547 e. The number of anilines is 3. The van der Waals surface area contributed by atoms with Crippen LogP contribution in [0.1, 0.15) is 0 Å². The minimum atomic E-state index is 1.09. The van der Waals surface area contributed by atoms with E-state index in [1.54, 1.807) is 0 Å². The fourth-order valence-corrected chi connectivity index (χ4v) is 9.96. The van der Waals surface area contributed by atoms with Gasteiger partial charge in [-0.05, 0) is 133 Å². The Kier molecular flexibility index (Phi) is 9.20. The quantitative estimate of drug-likeness (QED) is 0.139. The van der Waals surface area contributed by atoms with E-state index in [9.17, 15) is 0 Å². The summed E-state index contributed by atoms with van der Waals surface area (Å²) in [5, 5.41) is 7.49. The molecule has 0 saturated heterocycles. The average molecular weight is 815 g/mol. The van der Waals surface area contributed by atoms with Gasteiger partial charge in [0.05, 0.1) is 11.0 Å². The Balaban J connectivity index is 1.02. The van der Waals surface area contributed by atoms with E-state index in [0.29, 0.717) is 0 Å². The number of hydrogen-bond acceptors (Lipinski definition) is 1. The van der Waals surface area contributed by atoms with Crippen molar-refractivity contribution in [1.29, 1.82) is 0 Å². The SMILES string of the molecule is c1ccc(-c2c(-c3ccccc3)c3cc(-c4cccc(N(c5ccccc5)c5cccc(-c6cccc7c6c6ccccc6n7-c6ccccc6)c5)c4)ccc3c3ccccc23)cc1. The second kappa shape index (κ2) is 15.8. The lowest BCUT2D eigenvalue weighted by Crippen LogP contribution is -2.10. The Hall–Kier alpha value is -8.46. The summed E-state index contributed by atoms with van der Waals surface area (Å²) in [6.07, 6.45) is 0. The van der Waals surface area contributed by atoms with Crippen molar-refractivity contribution in [3.63, 3.8) is 0 Å². The van der Waals surface area contributed by atoms with Crippen LogP contribution in [0.15, 0.2) is 255 Å². The van der Waals surface area contributed by atoms with E-state index in [1.807, 2.05) is 0 Å². The van der Waals surface area contributed by atoms with Gasteiger partial charge in [-0.25, -0.2) is 0 Å². The summed E-state index contributed by atoms with van der Waals surface area (Å²) in [4.78, 5) is 2.39. The van der Waals surface area contributed by atoms with Crippen molar-refractivity contribution in [2.24, 2.45) is 0 Å². The number of rotatable bonds is 8. The summed E-state index contributed by atoms with van der Waals surface area (Å²) < 4.78 is 2.39. The van der Waals surface area contributed by atoms with Crippen LogP contribution in [0.5, 0.6) is 0 Å². The summed E-state index contributed by atoms with van der Waals surface area (Å²) in [5.74, 6) is 0. The van der Waals surface area contributed by atoms with E-state index in [4.69, 9.17) is 0 Å². The molecule has 1 heterocycles. The van der Waals surface area contributed by atoms with Gasteiger partial charge in [0.25, 0.3) is 0 Å². The number of benzene rings is 11. The molecule has 11 aromatic carbocycles. The van der Waals surface area contributed by atoms with Crippen LogP contribution < -0.4 is 4.90 Å². The maximum Gasteiger partial charge on any atom is 0.0547 e. The molecule has 0 unspecified atom stereocenters. The molecule has 12 rings (SSSR count). The topological polar surface area (TPSA) is 8.17 Å². The number of nitrogens with zero attached hydrogens (tertiary/aromatic N) is 2. The molecule has 2 heteroatoms. The lowest BCUT2D eigenvalue weighted by Gasteiger charge is -2.26. The zero-order valence-electron chi connectivity index (χ0n) is 35.1. The molecule has 12 aromatic rings. The predicted octanol–water partition coefficient (Wildman–Crippen LogP) is 17.2. The fraction of sp³-hybridized carbons (Fsp3) is 0. The van der Waals surface area contributed by atoms with Crippen LogP contribution in [0.2, 0.25) is 0 Å². The molecular weight excluding hydrogens is 773 g/mol. The Labute approximate surface area is 373 Å². The highest BCUT2D eigenvalue weighted by molar-refractivity contribution is 6.22. The summed E-state index contributed by atoms with van der Waals surface area (Å²) in [6, 6.07) is 92.6. The summed E-state index contributed by atoms with van der Waals surface area (Å²) in [7, 11) is 0. The van der Waals surface area contributed by atoms with Crippen LogP contribution in [-0.2, 0) is 0 Å². The predicted molar refractivity (Wildman–Crippen MR) is 272 cm³/mol. The lowest BCUT2D eigenvalue weighted by molar-refractivity contribution is 1.18. The van der Waals surface area contributed by atoms with E-state index < -0.39 is 0 Å². The zero-order chi connectivity index (χ0) is 42.4. The molecule has 0 bridgehead atoms. The lowest BCUT2D eigenvalue weighted by atomic mass is 9.84. The van der Waals surface area contributed by atoms with E-state index in [2.05, 4.69) is 264 Å². The number of para-hydroxylation sites is 3. The van der Waals surface area contributed by atoms with Crippen molar-refractivity contribution < 1.29 is 0 Å². The molecule has 0 saturated carbocycles. The maximum atomic E-state index is 2.41. The summed E-state index contributed by atoms with van der Waals surface area (Å²) >= 11 is 0. The summed E-state index contributed by atoms with van der Waals surface area (Å²) in [5.41, 5.74) is 16.5. The molecule has 0 spiro atoms. The van der Waals surface area contributed by atoms with Gasteiger partial charge < -0.3 is 9.47 Å². The molecule has 0 aliphatic carbocycles. The Morgan fingerprint density at radius 3 is 1.44 bits per heavy atom. The maximum absolute atomic E-state index is 2.41. The number of aromatic nitrogens is 1. The third kappa shape index (κ3) is 6.35. The first-order valence-electron chi connectivity index (χ1n) is 22.0. The normalized spacial score (nSPS) is 11.4. The molecule has 0 radical (unpaired) electrons. The van der Waals surface area contributed by atoms with Gasteiger partial charge in [-0.2, -0.15) is 0 Å². The van der Waals surface area contributed by atoms with E-state index in [0.717, 1.165) is 28.3 Å². The van der Waals surface area contributed by atoms with Crippen molar-refractivity contribution in [3.8, 4) is 50.2 Å². The average Bonchev–Trinajstić information content (AvgIpc) is 3.72. The van der Waals surface area contributed by atoms with Crippen LogP contribution in [0.3, 0.4) is 0 Å². The monoisotopic (exact) mass is 814 g/mol. The van der Waals surface area contributed by atoms with Gasteiger partial charge >= 0.3 is 0 Å². The fourth-order valence-electron chi connectivity index (χ4n) is 9.96. The van der Waals surface area contributed by atoms with Crippen LogP contribution >= 0.6 is 0 Å². The summed E-state index contributed by atoms with van der Waals surface area (Å²) in [6.45, 7) is 0. The first-order chi connectivity index (χ1) is 31.8. The second-order valence-corrected chi connectivity index (χ2v) is 16.4. The first-order valence-corrected chi connectivity index (χ1v) is 22.0. The molecule has 0 fully saturated rings. The zero-order valence-corrected chi connectivity index (χ0v) is 35.1. The standard InChI is InChI=1S/C62H42N2/c1-5-20-43(21-6-1)60-55-33-14-13-32-53(55)54-39-38-46(42-57(54)61(60)44-22-7-2-8-23-44)45-24-17-30-50(40-45)63(48-26-9-3-10-27-48)51-31-18-25-47(41-51)52-35-19-37-59-62(52)56-34-15-16-36-58(56)64(59)49-28-11-4-12-29-49/h1-42H. The van der Waals surface area contributed by atoms with Crippen molar-refractivity contribution in [2.75, 3.05) is 4.90 Å².